The third kappa shape index (κ3) is 4.01. The van der Waals surface area contributed by atoms with Crippen molar-refractivity contribution in [1.29, 1.82) is 0 Å². The summed E-state index contributed by atoms with van der Waals surface area (Å²) in [5.41, 5.74) is 0. The first-order chi connectivity index (χ1) is 10.8. The molecular weight excluding hydrogens is 278 g/mol. The van der Waals surface area contributed by atoms with E-state index >= 15 is 0 Å². The fourth-order valence-corrected chi connectivity index (χ4v) is 3.26. The molecule has 2 unspecified atom stereocenters. The molecule has 3 heterocycles. The summed E-state index contributed by atoms with van der Waals surface area (Å²) < 4.78 is 8.11. The molecule has 0 saturated carbocycles. The zero-order valence-corrected chi connectivity index (χ0v) is 13.4. The number of nitrogens with one attached hydrogen (secondary N) is 2. The number of morpholine rings is 1. The second kappa shape index (κ2) is 7.65. The van der Waals surface area contributed by atoms with Crippen molar-refractivity contribution < 1.29 is 4.74 Å². The van der Waals surface area contributed by atoms with Crippen LogP contribution in [-0.4, -0.2) is 67.4 Å². The van der Waals surface area contributed by atoms with Gasteiger partial charge in [-0.05, 0) is 31.5 Å². The number of aromatic nitrogens is 1. The molecule has 0 radical (unpaired) electrons. The molecule has 0 bridgehead atoms. The zero-order chi connectivity index (χ0) is 15.2. The van der Waals surface area contributed by atoms with E-state index in [4.69, 9.17) is 4.74 Å². The molecule has 2 N–H and O–H groups in total. The molecule has 0 aromatic carbocycles. The molecule has 2 atom stereocenters. The Morgan fingerprint density at radius 3 is 3.00 bits per heavy atom. The third-order valence-corrected chi connectivity index (χ3v) is 4.51. The van der Waals surface area contributed by atoms with Crippen molar-refractivity contribution in [3.05, 3.63) is 24.5 Å². The van der Waals surface area contributed by atoms with E-state index in [2.05, 4.69) is 37.5 Å². The molecular formula is C16H27N5O. The van der Waals surface area contributed by atoms with E-state index in [9.17, 15) is 0 Å². The molecule has 2 aliphatic rings. The van der Waals surface area contributed by atoms with Gasteiger partial charge in [-0.1, -0.05) is 0 Å². The van der Waals surface area contributed by atoms with Gasteiger partial charge in [-0.25, -0.2) is 0 Å². The van der Waals surface area contributed by atoms with Crippen LogP contribution in [0.3, 0.4) is 0 Å². The fourth-order valence-electron chi connectivity index (χ4n) is 3.26. The highest BCUT2D eigenvalue weighted by atomic mass is 16.5. The molecule has 1 aromatic heterocycles. The summed E-state index contributed by atoms with van der Waals surface area (Å²) in [6.07, 6.45) is 7.01. The molecule has 2 fully saturated rings. The first-order valence-corrected chi connectivity index (χ1v) is 8.26. The number of hydrogen-bond donors (Lipinski definition) is 2. The predicted octanol–water partition coefficient (Wildman–Crippen LogP) is 0.516. The van der Waals surface area contributed by atoms with Crippen LogP contribution in [0.1, 0.15) is 12.8 Å². The third-order valence-electron chi connectivity index (χ3n) is 4.51. The maximum atomic E-state index is 5.96. The van der Waals surface area contributed by atoms with Gasteiger partial charge in [0.1, 0.15) is 0 Å². The smallest absolute Gasteiger partial charge is 0.191 e. The van der Waals surface area contributed by atoms with Gasteiger partial charge in [0.05, 0.1) is 12.7 Å². The number of fused-ring (bicyclic) bond motifs is 1. The Hall–Kier alpha value is -1.53. The van der Waals surface area contributed by atoms with Gasteiger partial charge in [0, 0.05) is 51.7 Å². The lowest BCUT2D eigenvalue weighted by Crippen LogP contribution is -2.51. The number of ether oxygens (including phenoxy) is 1. The minimum atomic E-state index is 0.261. The van der Waals surface area contributed by atoms with Crippen molar-refractivity contribution >= 4 is 5.96 Å². The SMILES string of the molecule is CN=C(NCCn1cccc1)NCC1CN2CCCC2CO1. The van der Waals surface area contributed by atoms with Crippen LogP contribution in [0.5, 0.6) is 0 Å². The van der Waals surface area contributed by atoms with E-state index in [0.29, 0.717) is 6.04 Å². The van der Waals surface area contributed by atoms with Crippen LogP contribution < -0.4 is 10.6 Å². The van der Waals surface area contributed by atoms with Gasteiger partial charge in [0.15, 0.2) is 5.96 Å². The van der Waals surface area contributed by atoms with Crippen molar-refractivity contribution in [1.82, 2.24) is 20.1 Å². The van der Waals surface area contributed by atoms with Crippen molar-refractivity contribution in [3.8, 4) is 0 Å². The maximum absolute atomic E-state index is 5.96. The first-order valence-electron chi connectivity index (χ1n) is 8.26. The van der Waals surface area contributed by atoms with Gasteiger partial charge in [-0.2, -0.15) is 0 Å². The summed E-state index contributed by atoms with van der Waals surface area (Å²) in [5.74, 6) is 0.847. The molecule has 22 heavy (non-hydrogen) atoms. The largest absolute Gasteiger partial charge is 0.373 e. The molecule has 122 valence electrons. The van der Waals surface area contributed by atoms with E-state index in [1.54, 1.807) is 0 Å². The summed E-state index contributed by atoms with van der Waals surface area (Å²) >= 11 is 0. The van der Waals surface area contributed by atoms with Crippen LogP contribution in [0.25, 0.3) is 0 Å². The van der Waals surface area contributed by atoms with Gasteiger partial charge in [-0.3, -0.25) is 9.89 Å². The molecule has 0 spiro atoms. The number of nitrogens with zero attached hydrogens (tertiary/aromatic N) is 3. The quantitative estimate of drug-likeness (QED) is 0.615. The summed E-state index contributed by atoms with van der Waals surface area (Å²) in [7, 11) is 1.81. The van der Waals surface area contributed by atoms with Crippen molar-refractivity contribution in [2.24, 2.45) is 4.99 Å². The first kappa shape index (κ1) is 15.4. The maximum Gasteiger partial charge on any atom is 0.191 e. The van der Waals surface area contributed by atoms with Crippen LogP contribution in [0, 0.1) is 0 Å². The van der Waals surface area contributed by atoms with Crippen LogP contribution in [0.4, 0.5) is 0 Å². The number of rotatable bonds is 5. The molecule has 6 heteroatoms. The van der Waals surface area contributed by atoms with Crippen LogP contribution >= 0.6 is 0 Å². The Bertz CT molecular complexity index is 473. The highest BCUT2D eigenvalue weighted by molar-refractivity contribution is 5.79. The van der Waals surface area contributed by atoms with Crippen LogP contribution in [0.15, 0.2) is 29.5 Å². The predicted molar refractivity (Wildman–Crippen MR) is 88.1 cm³/mol. The van der Waals surface area contributed by atoms with E-state index in [-0.39, 0.29) is 6.10 Å². The summed E-state index contributed by atoms with van der Waals surface area (Å²) in [6.45, 7) is 5.75. The van der Waals surface area contributed by atoms with E-state index in [1.165, 1.54) is 19.4 Å². The van der Waals surface area contributed by atoms with Gasteiger partial charge < -0.3 is 19.9 Å². The Labute approximate surface area is 132 Å². The lowest BCUT2D eigenvalue weighted by atomic mass is 10.2. The number of hydrogen-bond acceptors (Lipinski definition) is 3. The normalized spacial score (nSPS) is 26.0. The summed E-state index contributed by atoms with van der Waals surface area (Å²) in [5, 5.41) is 6.72. The highest BCUT2D eigenvalue weighted by Gasteiger charge is 2.31. The average Bonchev–Trinajstić information content (AvgIpc) is 3.21. The molecule has 6 nitrogen and oxygen atoms in total. The zero-order valence-electron chi connectivity index (χ0n) is 13.4. The van der Waals surface area contributed by atoms with Crippen molar-refractivity contribution in [2.75, 3.05) is 39.8 Å². The standard InChI is InChI=1S/C16H27N5O/c1-17-16(18-6-10-20-7-2-3-8-20)19-11-15-12-21-9-4-5-14(21)13-22-15/h2-3,7-8,14-15H,4-6,9-13H2,1H3,(H2,17,18,19). The van der Waals surface area contributed by atoms with Gasteiger partial charge in [-0.15, -0.1) is 0 Å². The van der Waals surface area contributed by atoms with E-state index in [1.807, 2.05) is 19.2 Å². The van der Waals surface area contributed by atoms with Crippen molar-refractivity contribution in [3.63, 3.8) is 0 Å². The van der Waals surface area contributed by atoms with Crippen molar-refractivity contribution in [2.45, 2.75) is 31.5 Å². The van der Waals surface area contributed by atoms with Gasteiger partial charge >= 0.3 is 0 Å². The average molecular weight is 305 g/mol. The Kier molecular flexibility index (Phi) is 5.34. The number of aliphatic imine (C=N–C) groups is 1. The Morgan fingerprint density at radius 2 is 2.18 bits per heavy atom. The van der Waals surface area contributed by atoms with Crippen LogP contribution in [0.2, 0.25) is 0 Å². The Morgan fingerprint density at radius 1 is 1.32 bits per heavy atom. The molecule has 0 amide bonds. The van der Waals surface area contributed by atoms with E-state index in [0.717, 1.165) is 38.7 Å². The Balaban J connectivity index is 1.36. The molecule has 3 rings (SSSR count). The van der Waals surface area contributed by atoms with Crippen LogP contribution in [-0.2, 0) is 11.3 Å². The monoisotopic (exact) mass is 305 g/mol. The second-order valence-electron chi connectivity index (χ2n) is 6.05. The molecule has 1 aromatic rings. The van der Waals surface area contributed by atoms with Gasteiger partial charge in [0.2, 0.25) is 0 Å². The number of guanidine groups is 1. The summed E-state index contributed by atoms with van der Waals surface area (Å²) in [6, 6.07) is 4.74. The fraction of sp³-hybridized carbons (Fsp3) is 0.688. The topological polar surface area (TPSA) is 53.8 Å². The minimum Gasteiger partial charge on any atom is -0.373 e. The molecule has 2 aliphatic heterocycles. The molecule has 0 aliphatic carbocycles. The lowest BCUT2D eigenvalue weighted by molar-refractivity contribution is -0.0453. The lowest BCUT2D eigenvalue weighted by Gasteiger charge is -2.35. The highest BCUT2D eigenvalue weighted by Crippen LogP contribution is 2.22. The summed E-state index contributed by atoms with van der Waals surface area (Å²) in [4.78, 5) is 6.84. The minimum absolute atomic E-state index is 0.261. The van der Waals surface area contributed by atoms with E-state index < -0.39 is 0 Å². The van der Waals surface area contributed by atoms with Gasteiger partial charge in [0.25, 0.3) is 0 Å². The second-order valence-corrected chi connectivity index (χ2v) is 6.05. The molecule has 2 saturated heterocycles.